The molecule has 0 aliphatic heterocycles. The highest BCUT2D eigenvalue weighted by Crippen LogP contribution is 2.36. The van der Waals surface area contributed by atoms with E-state index in [0.29, 0.717) is 10.7 Å². The van der Waals surface area contributed by atoms with E-state index in [-0.39, 0.29) is 11.9 Å². The number of guanidine groups is 2. The van der Waals surface area contributed by atoms with Crippen molar-refractivity contribution in [1.29, 1.82) is 0 Å². The Morgan fingerprint density at radius 2 is 2.06 bits per heavy atom. The highest BCUT2D eigenvalue weighted by molar-refractivity contribution is 7.19. The second-order valence-electron chi connectivity index (χ2n) is 3.49. The summed E-state index contributed by atoms with van der Waals surface area (Å²) in [5.41, 5.74) is 17.3. The van der Waals surface area contributed by atoms with Crippen LogP contribution in [-0.4, -0.2) is 16.9 Å². The monoisotopic (exact) mass is 282 g/mol. The lowest BCUT2D eigenvalue weighted by molar-refractivity contribution is 1.34. The fourth-order valence-corrected chi connectivity index (χ4v) is 2.60. The van der Waals surface area contributed by atoms with Gasteiger partial charge in [-0.1, -0.05) is 11.6 Å². The number of hydrogen-bond donors (Lipinski definition) is 3. The van der Waals surface area contributed by atoms with Gasteiger partial charge < -0.3 is 17.2 Å². The zero-order chi connectivity index (χ0) is 13.3. The lowest BCUT2D eigenvalue weighted by atomic mass is 10.3. The van der Waals surface area contributed by atoms with Crippen molar-refractivity contribution in [3.05, 3.63) is 22.2 Å². The van der Waals surface area contributed by atoms with E-state index in [0.717, 1.165) is 15.2 Å². The predicted octanol–water partition coefficient (Wildman–Crippen LogP) is 1.48. The SMILES string of the molecule is Cc1nc2ccc(N=C(N)N=C(N)N)c(Cl)c2s1. The van der Waals surface area contributed by atoms with Crippen LogP contribution in [0.5, 0.6) is 0 Å². The van der Waals surface area contributed by atoms with Gasteiger partial charge in [-0.15, -0.1) is 11.3 Å². The number of rotatable bonds is 1. The van der Waals surface area contributed by atoms with E-state index in [1.165, 1.54) is 11.3 Å². The second kappa shape index (κ2) is 4.79. The summed E-state index contributed by atoms with van der Waals surface area (Å²) in [5.74, 6) is -0.195. The standard InChI is InChI=1S/C10H11ClN6S/c1-4-15-6-3-2-5(7(11)8(6)18-4)16-10(14)17-9(12)13/h2-3H,1H3,(H6,12,13,14,16,17). The van der Waals surface area contributed by atoms with E-state index in [9.17, 15) is 0 Å². The molecule has 1 aromatic carbocycles. The minimum absolute atomic E-state index is 0.0440. The number of fused-ring (bicyclic) bond motifs is 1. The van der Waals surface area contributed by atoms with Gasteiger partial charge >= 0.3 is 0 Å². The van der Waals surface area contributed by atoms with Crippen molar-refractivity contribution in [2.24, 2.45) is 27.2 Å². The molecule has 0 fully saturated rings. The Morgan fingerprint density at radius 1 is 1.33 bits per heavy atom. The molecular formula is C10H11ClN6S. The van der Waals surface area contributed by atoms with Crippen LogP contribution in [0.1, 0.15) is 5.01 Å². The molecular weight excluding hydrogens is 272 g/mol. The number of halogens is 1. The van der Waals surface area contributed by atoms with Gasteiger partial charge in [-0.05, 0) is 19.1 Å². The van der Waals surface area contributed by atoms with Gasteiger partial charge in [-0.2, -0.15) is 4.99 Å². The summed E-state index contributed by atoms with van der Waals surface area (Å²) in [4.78, 5) is 12.0. The van der Waals surface area contributed by atoms with E-state index in [2.05, 4.69) is 15.0 Å². The van der Waals surface area contributed by atoms with Gasteiger partial charge in [-0.25, -0.2) is 9.98 Å². The molecule has 18 heavy (non-hydrogen) atoms. The summed E-state index contributed by atoms with van der Waals surface area (Å²) in [5, 5.41) is 1.43. The van der Waals surface area contributed by atoms with Crippen molar-refractivity contribution in [3.8, 4) is 0 Å². The van der Waals surface area contributed by atoms with E-state index in [1.807, 2.05) is 13.0 Å². The Labute approximate surface area is 112 Å². The zero-order valence-electron chi connectivity index (χ0n) is 9.51. The van der Waals surface area contributed by atoms with Crippen LogP contribution in [0.15, 0.2) is 22.1 Å². The lowest BCUT2D eigenvalue weighted by Gasteiger charge is -1.99. The summed E-state index contributed by atoms with van der Waals surface area (Å²) in [7, 11) is 0. The van der Waals surface area contributed by atoms with Gasteiger partial charge in [0.15, 0.2) is 5.96 Å². The van der Waals surface area contributed by atoms with Gasteiger partial charge in [0, 0.05) is 0 Å². The van der Waals surface area contributed by atoms with Crippen LogP contribution in [0.25, 0.3) is 10.2 Å². The molecule has 0 aliphatic carbocycles. The molecule has 0 atom stereocenters. The van der Waals surface area contributed by atoms with Crippen LogP contribution in [0.2, 0.25) is 5.02 Å². The van der Waals surface area contributed by atoms with Crippen molar-refractivity contribution in [2.45, 2.75) is 6.92 Å². The Bertz CT molecular complexity index is 656. The largest absolute Gasteiger partial charge is 0.370 e. The van der Waals surface area contributed by atoms with Gasteiger partial charge in [0.2, 0.25) is 5.96 Å². The molecule has 1 aromatic heterocycles. The highest BCUT2D eigenvalue weighted by Gasteiger charge is 2.09. The first-order chi connectivity index (χ1) is 8.47. The topological polar surface area (TPSA) is 116 Å². The van der Waals surface area contributed by atoms with E-state index >= 15 is 0 Å². The average Bonchev–Trinajstić information content (AvgIpc) is 2.63. The van der Waals surface area contributed by atoms with Crippen molar-refractivity contribution in [2.75, 3.05) is 0 Å². The first-order valence-corrected chi connectivity index (χ1v) is 6.16. The number of aromatic nitrogens is 1. The van der Waals surface area contributed by atoms with Crippen LogP contribution < -0.4 is 17.2 Å². The zero-order valence-corrected chi connectivity index (χ0v) is 11.1. The molecule has 0 saturated heterocycles. The number of thiazole rings is 1. The first kappa shape index (κ1) is 12.6. The molecule has 1 heterocycles. The minimum atomic E-state index is -0.151. The average molecular weight is 283 g/mol. The van der Waals surface area contributed by atoms with Crippen molar-refractivity contribution < 1.29 is 0 Å². The highest BCUT2D eigenvalue weighted by atomic mass is 35.5. The smallest absolute Gasteiger partial charge is 0.223 e. The molecule has 0 unspecified atom stereocenters. The summed E-state index contributed by atoms with van der Waals surface area (Å²) in [6, 6.07) is 3.55. The molecule has 0 radical (unpaired) electrons. The minimum Gasteiger partial charge on any atom is -0.370 e. The van der Waals surface area contributed by atoms with Gasteiger partial charge in [0.1, 0.15) is 0 Å². The third-order valence-electron chi connectivity index (χ3n) is 2.06. The third-order valence-corrected chi connectivity index (χ3v) is 3.56. The molecule has 2 aromatic rings. The molecule has 2 rings (SSSR count). The normalized spacial score (nSPS) is 11.8. The van der Waals surface area contributed by atoms with E-state index < -0.39 is 0 Å². The Kier molecular flexibility index (Phi) is 3.35. The number of benzene rings is 1. The van der Waals surface area contributed by atoms with Crippen molar-refractivity contribution >= 4 is 50.8 Å². The van der Waals surface area contributed by atoms with Crippen molar-refractivity contribution in [3.63, 3.8) is 0 Å². The number of aliphatic imine (C=N–C) groups is 2. The van der Waals surface area contributed by atoms with E-state index in [4.69, 9.17) is 28.8 Å². The number of nitrogens with two attached hydrogens (primary N) is 3. The molecule has 0 spiro atoms. The molecule has 6 nitrogen and oxygen atoms in total. The summed E-state index contributed by atoms with van der Waals surface area (Å²) in [6.45, 7) is 1.91. The number of aryl methyl sites for hydroxylation is 1. The first-order valence-electron chi connectivity index (χ1n) is 4.97. The van der Waals surface area contributed by atoms with Crippen LogP contribution >= 0.6 is 22.9 Å². The molecule has 0 amide bonds. The molecule has 8 heteroatoms. The maximum Gasteiger partial charge on any atom is 0.223 e. The number of nitrogens with zero attached hydrogens (tertiary/aromatic N) is 3. The van der Waals surface area contributed by atoms with Crippen LogP contribution in [-0.2, 0) is 0 Å². The molecule has 0 aliphatic rings. The third kappa shape index (κ3) is 2.52. The fourth-order valence-electron chi connectivity index (χ4n) is 1.43. The fraction of sp³-hybridized carbons (Fsp3) is 0.100. The summed E-state index contributed by atoms with van der Waals surface area (Å²) in [6.07, 6.45) is 0. The summed E-state index contributed by atoms with van der Waals surface area (Å²) < 4.78 is 0.868. The van der Waals surface area contributed by atoms with Crippen LogP contribution in [0.3, 0.4) is 0 Å². The van der Waals surface area contributed by atoms with Crippen LogP contribution in [0.4, 0.5) is 5.69 Å². The molecule has 6 N–H and O–H groups in total. The molecule has 0 bridgehead atoms. The Balaban J connectivity index is 2.52. The van der Waals surface area contributed by atoms with Crippen LogP contribution in [0, 0.1) is 6.92 Å². The molecule has 0 saturated carbocycles. The lowest BCUT2D eigenvalue weighted by Crippen LogP contribution is -2.26. The predicted molar refractivity (Wildman–Crippen MR) is 76.5 cm³/mol. The van der Waals surface area contributed by atoms with Gasteiger partial charge in [-0.3, -0.25) is 0 Å². The van der Waals surface area contributed by atoms with Crippen molar-refractivity contribution in [1.82, 2.24) is 4.98 Å². The maximum absolute atomic E-state index is 6.23. The Hall–Kier alpha value is -1.86. The number of hydrogen-bond acceptors (Lipinski definition) is 3. The summed E-state index contributed by atoms with van der Waals surface area (Å²) >= 11 is 7.73. The van der Waals surface area contributed by atoms with Gasteiger partial charge in [0.25, 0.3) is 0 Å². The molecule has 94 valence electrons. The Morgan fingerprint density at radius 3 is 2.72 bits per heavy atom. The van der Waals surface area contributed by atoms with Gasteiger partial charge in [0.05, 0.1) is 25.9 Å². The quantitative estimate of drug-likeness (QED) is 0.542. The van der Waals surface area contributed by atoms with E-state index in [1.54, 1.807) is 6.07 Å². The maximum atomic E-state index is 6.23. The second-order valence-corrected chi connectivity index (χ2v) is 5.07.